The Morgan fingerprint density at radius 3 is 2.59 bits per heavy atom. The lowest BCUT2D eigenvalue weighted by atomic mass is 9.99. The second-order valence-corrected chi connectivity index (χ2v) is 8.63. The Morgan fingerprint density at radius 2 is 1.91 bits per heavy atom. The summed E-state index contributed by atoms with van der Waals surface area (Å²) in [5.41, 5.74) is 1.31. The lowest BCUT2D eigenvalue weighted by Gasteiger charge is -2.26. The second kappa shape index (κ2) is 8.27. The number of ketones is 1. The minimum absolute atomic E-state index is 0.0869. The molecule has 1 amide bonds. The quantitative estimate of drug-likeness (QED) is 0.319. The Labute approximate surface area is 203 Å². The molecule has 2 aromatic heterocycles. The number of Topliss-reactive ketones (excluding diaryl/α,β-unsaturated/α-hetero) is 1. The number of nitrogens with zero attached hydrogens (tertiary/aromatic N) is 1. The number of carbonyl (C=O) groups excluding carboxylic acids is 2. The molecule has 34 heavy (non-hydrogen) atoms. The van der Waals surface area contributed by atoms with E-state index in [4.69, 9.17) is 36.8 Å². The molecular weight excluding hydrogens is 481 g/mol. The van der Waals surface area contributed by atoms with Gasteiger partial charge in [0.15, 0.2) is 22.9 Å². The van der Waals surface area contributed by atoms with Crippen LogP contribution in [-0.4, -0.2) is 23.9 Å². The summed E-state index contributed by atoms with van der Waals surface area (Å²) in [6, 6.07) is 11.9. The van der Waals surface area contributed by atoms with Crippen LogP contribution in [0.2, 0.25) is 10.0 Å². The number of aliphatic hydroxyl groups excluding tert-OH is 1. The number of halogens is 2. The molecule has 1 aliphatic rings. The topological polar surface area (TPSA) is 93.1 Å². The summed E-state index contributed by atoms with van der Waals surface area (Å²) >= 11 is 12.2. The molecule has 0 saturated heterocycles. The van der Waals surface area contributed by atoms with Gasteiger partial charge in [-0.3, -0.25) is 14.5 Å². The average Bonchev–Trinajstić information content (AvgIpc) is 3.52. The summed E-state index contributed by atoms with van der Waals surface area (Å²) in [6.45, 7) is 1.78. The van der Waals surface area contributed by atoms with E-state index in [0.29, 0.717) is 43.8 Å². The van der Waals surface area contributed by atoms with Gasteiger partial charge in [-0.1, -0.05) is 23.2 Å². The number of amides is 1. The van der Waals surface area contributed by atoms with Gasteiger partial charge in [-0.2, -0.15) is 0 Å². The number of hydrogen-bond donors (Lipinski definition) is 1. The van der Waals surface area contributed by atoms with E-state index >= 15 is 0 Å². The zero-order valence-electron chi connectivity index (χ0n) is 18.0. The lowest BCUT2D eigenvalue weighted by molar-refractivity contribution is -0.117. The number of hydrogen-bond acceptors (Lipinski definition) is 6. The average molecular weight is 498 g/mol. The van der Waals surface area contributed by atoms with Crippen molar-refractivity contribution < 1.29 is 28.3 Å². The third kappa shape index (κ3) is 3.45. The van der Waals surface area contributed by atoms with Crippen molar-refractivity contribution in [2.75, 3.05) is 12.0 Å². The van der Waals surface area contributed by atoms with Crippen LogP contribution in [0.25, 0.3) is 11.0 Å². The molecule has 1 aliphatic heterocycles. The number of rotatable bonds is 5. The van der Waals surface area contributed by atoms with Crippen molar-refractivity contribution in [1.29, 1.82) is 0 Å². The summed E-state index contributed by atoms with van der Waals surface area (Å²) in [6.07, 6.45) is 1.43. The highest BCUT2D eigenvalue weighted by Crippen LogP contribution is 2.44. The summed E-state index contributed by atoms with van der Waals surface area (Å²) in [5, 5.41) is 12.3. The van der Waals surface area contributed by atoms with Crippen LogP contribution in [0.15, 0.2) is 75.0 Å². The minimum atomic E-state index is -1.02. The maximum Gasteiger partial charge on any atom is 0.294 e. The molecule has 9 heteroatoms. The van der Waals surface area contributed by atoms with Gasteiger partial charge >= 0.3 is 0 Å². The first-order valence-electron chi connectivity index (χ1n) is 10.2. The molecule has 0 saturated carbocycles. The number of aryl methyl sites for hydroxylation is 1. The van der Waals surface area contributed by atoms with E-state index in [1.54, 1.807) is 49.4 Å². The molecule has 0 fully saturated rings. The Bertz CT molecular complexity index is 1480. The lowest BCUT2D eigenvalue weighted by Crippen LogP contribution is -2.31. The van der Waals surface area contributed by atoms with Crippen LogP contribution < -0.4 is 9.64 Å². The van der Waals surface area contributed by atoms with Gasteiger partial charge in [0.25, 0.3) is 5.91 Å². The van der Waals surface area contributed by atoms with Crippen molar-refractivity contribution >= 4 is 51.5 Å². The SMILES string of the molecule is COc1cc(Cl)cc2cc(C(=O)C3=C(O)C(=O)N(c4ccc(Cl)cc4C)C3c3ccco3)oc12. The van der Waals surface area contributed by atoms with Gasteiger partial charge in [0.05, 0.1) is 18.9 Å². The molecule has 172 valence electrons. The molecule has 2 aromatic carbocycles. The highest BCUT2D eigenvalue weighted by atomic mass is 35.5. The Hall–Kier alpha value is -3.68. The molecule has 7 nitrogen and oxygen atoms in total. The number of benzene rings is 2. The van der Waals surface area contributed by atoms with Gasteiger partial charge in [0, 0.05) is 27.2 Å². The van der Waals surface area contributed by atoms with Crippen LogP contribution in [0.5, 0.6) is 5.75 Å². The van der Waals surface area contributed by atoms with E-state index in [-0.39, 0.29) is 11.3 Å². The maximum absolute atomic E-state index is 13.7. The van der Waals surface area contributed by atoms with E-state index in [1.807, 2.05) is 0 Å². The van der Waals surface area contributed by atoms with E-state index in [0.717, 1.165) is 0 Å². The third-order valence-corrected chi connectivity index (χ3v) is 6.13. The molecular formula is C25H17Cl2NO6. The van der Waals surface area contributed by atoms with Crippen molar-refractivity contribution in [1.82, 2.24) is 0 Å². The standard InChI is InChI=1S/C25H17Cl2NO6/c1-12-8-14(26)5-6-16(12)28-21(17-4-3-7-33-17)20(23(30)25(28)31)22(29)18-10-13-9-15(27)11-19(32-2)24(13)34-18/h3-11,21,30H,1-2H3. The first-order chi connectivity index (χ1) is 16.3. The Morgan fingerprint density at radius 1 is 1.12 bits per heavy atom. The normalized spacial score (nSPS) is 16.1. The van der Waals surface area contributed by atoms with E-state index in [9.17, 15) is 14.7 Å². The number of fused-ring (bicyclic) bond motifs is 1. The zero-order valence-corrected chi connectivity index (χ0v) is 19.5. The zero-order chi connectivity index (χ0) is 24.1. The minimum Gasteiger partial charge on any atom is -0.503 e. The van der Waals surface area contributed by atoms with E-state index in [2.05, 4.69) is 0 Å². The van der Waals surface area contributed by atoms with Crippen molar-refractivity contribution in [3.8, 4) is 5.75 Å². The maximum atomic E-state index is 13.7. The fourth-order valence-corrected chi connectivity index (χ4v) is 4.62. The first kappa shape index (κ1) is 22.1. The van der Waals surface area contributed by atoms with E-state index < -0.39 is 23.5 Å². The summed E-state index contributed by atoms with van der Waals surface area (Å²) in [7, 11) is 1.46. The summed E-state index contributed by atoms with van der Waals surface area (Å²) < 4.78 is 16.7. The monoisotopic (exact) mass is 497 g/mol. The molecule has 0 bridgehead atoms. The van der Waals surface area contributed by atoms with Crippen LogP contribution in [0.4, 0.5) is 5.69 Å². The molecule has 0 radical (unpaired) electrons. The van der Waals surface area contributed by atoms with Crippen molar-refractivity contribution in [2.45, 2.75) is 13.0 Å². The Balaban J connectivity index is 1.66. The van der Waals surface area contributed by atoms with Gasteiger partial charge in [0.1, 0.15) is 11.8 Å². The second-order valence-electron chi connectivity index (χ2n) is 7.75. The highest BCUT2D eigenvalue weighted by Gasteiger charge is 2.47. The molecule has 0 aliphatic carbocycles. The highest BCUT2D eigenvalue weighted by molar-refractivity contribution is 6.32. The Kier molecular flexibility index (Phi) is 5.38. The van der Waals surface area contributed by atoms with Gasteiger partial charge in [-0.15, -0.1) is 0 Å². The number of anilines is 1. The molecule has 1 atom stereocenters. The molecule has 0 spiro atoms. The van der Waals surface area contributed by atoms with Crippen LogP contribution in [-0.2, 0) is 4.79 Å². The molecule has 3 heterocycles. The van der Waals surface area contributed by atoms with Gasteiger partial charge in [0.2, 0.25) is 5.78 Å². The number of ether oxygens (including phenoxy) is 1. The number of methoxy groups -OCH3 is 1. The van der Waals surface area contributed by atoms with Crippen molar-refractivity contribution in [2.24, 2.45) is 0 Å². The van der Waals surface area contributed by atoms with Crippen molar-refractivity contribution in [3.63, 3.8) is 0 Å². The van der Waals surface area contributed by atoms with Crippen molar-refractivity contribution in [3.05, 3.63) is 93.3 Å². The van der Waals surface area contributed by atoms with E-state index in [1.165, 1.54) is 24.3 Å². The molecule has 4 aromatic rings. The van der Waals surface area contributed by atoms with Crippen LogP contribution in [0.3, 0.4) is 0 Å². The number of furan rings is 2. The van der Waals surface area contributed by atoms with Crippen LogP contribution in [0.1, 0.15) is 27.9 Å². The summed E-state index contributed by atoms with van der Waals surface area (Å²) in [5.74, 6) is -1.54. The summed E-state index contributed by atoms with van der Waals surface area (Å²) in [4.78, 5) is 28.2. The molecule has 5 rings (SSSR count). The molecule has 1 unspecified atom stereocenters. The third-order valence-electron chi connectivity index (χ3n) is 5.67. The largest absolute Gasteiger partial charge is 0.503 e. The van der Waals surface area contributed by atoms with Gasteiger partial charge in [-0.05, 0) is 55.0 Å². The van der Waals surface area contributed by atoms with Gasteiger partial charge in [-0.25, -0.2) is 0 Å². The van der Waals surface area contributed by atoms with Crippen LogP contribution >= 0.6 is 23.2 Å². The predicted molar refractivity (Wildman–Crippen MR) is 127 cm³/mol. The van der Waals surface area contributed by atoms with Gasteiger partial charge < -0.3 is 18.7 Å². The fourth-order valence-electron chi connectivity index (χ4n) is 4.17. The first-order valence-corrected chi connectivity index (χ1v) is 10.9. The number of carbonyl (C=O) groups is 2. The number of aliphatic hydroxyl groups is 1. The van der Waals surface area contributed by atoms with Crippen LogP contribution in [0, 0.1) is 6.92 Å². The molecule has 1 N–H and O–H groups in total. The fraction of sp³-hybridized carbons (Fsp3) is 0.120. The predicted octanol–water partition coefficient (Wildman–Crippen LogP) is 6.43. The smallest absolute Gasteiger partial charge is 0.294 e.